The molecule has 3 heterocycles. The number of hydrogen-bond acceptors (Lipinski definition) is 8. The Balaban J connectivity index is 1.55. The Morgan fingerprint density at radius 1 is 1.11 bits per heavy atom. The predicted octanol–water partition coefficient (Wildman–Crippen LogP) is 2.91. The zero-order valence-electron chi connectivity index (χ0n) is 19.9. The number of aromatic nitrogens is 3. The van der Waals surface area contributed by atoms with E-state index in [0.29, 0.717) is 49.0 Å². The molecule has 35 heavy (non-hydrogen) atoms. The van der Waals surface area contributed by atoms with Crippen molar-refractivity contribution in [2.24, 2.45) is 0 Å². The summed E-state index contributed by atoms with van der Waals surface area (Å²) in [5.41, 5.74) is 2.09. The number of furan rings is 1. The maximum atomic E-state index is 12.8. The topological polar surface area (TPSA) is 115 Å². The molecule has 0 aliphatic carbocycles. The molecular formula is C25H28N6O4. The third-order valence-electron chi connectivity index (χ3n) is 5.29. The van der Waals surface area contributed by atoms with E-state index in [1.807, 2.05) is 33.2 Å². The normalized spacial score (nSPS) is 11.2. The van der Waals surface area contributed by atoms with Crippen molar-refractivity contribution in [2.75, 3.05) is 32.6 Å². The molecule has 0 saturated carbocycles. The Morgan fingerprint density at radius 3 is 2.63 bits per heavy atom. The highest BCUT2D eigenvalue weighted by molar-refractivity contribution is 5.94. The fraction of sp³-hybridized carbons (Fsp3) is 0.280. The fourth-order valence-corrected chi connectivity index (χ4v) is 3.56. The standard InChI is InChI=1S/C25H28N6O4/c1-17-21-11-12-22(32)31(23(21)29-25(28-17)27-16-20-6-4-14-34-20)19-9-7-18(8-10-19)24(33)26-13-5-15-35-30(2)3/h4,6-12,14H,5,13,15-16H2,1-3H3,(H,26,33)(H,27,28,29). The predicted molar refractivity (Wildman–Crippen MR) is 132 cm³/mol. The van der Waals surface area contributed by atoms with Crippen molar-refractivity contribution in [1.29, 1.82) is 0 Å². The van der Waals surface area contributed by atoms with Gasteiger partial charge in [0.25, 0.3) is 11.5 Å². The second-order valence-corrected chi connectivity index (χ2v) is 8.11. The van der Waals surface area contributed by atoms with Crippen LogP contribution in [0.2, 0.25) is 0 Å². The second kappa shape index (κ2) is 10.9. The third-order valence-corrected chi connectivity index (χ3v) is 5.29. The first-order valence-corrected chi connectivity index (χ1v) is 11.3. The fourth-order valence-electron chi connectivity index (χ4n) is 3.56. The summed E-state index contributed by atoms with van der Waals surface area (Å²) in [6.45, 7) is 3.31. The number of nitrogens with zero attached hydrogens (tertiary/aromatic N) is 4. The number of rotatable bonds is 10. The number of carbonyl (C=O) groups is 1. The van der Waals surface area contributed by atoms with Crippen molar-refractivity contribution in [2.45, 2.75) is 19.9 Å². The highest BCUT2D eigenvalue weighted by Gasteiger charge is 2.13. The van der Waals surface area contributed by atoms with Crippen LogP contribution in [0, 0.1) is 6.92 Å². The number of fused-ring (bicyclic) bond motifs is 1. The SMILES string of the molecule is Cc1nc(NCc2ccco2)nc2c1ccc(=O)n2-c1ccc(C(=O)NCCCON(C)C)cc1. The van der Waals surface area contributed by atoms with E-state index >= 15 is 0 Å². The van der Waals surface area contributed by atoms with Gasteiger partial charge in [-0.1, -0.05) is 0 Å². The maximum absolute atomic E-state index is 12.8. The summed E-state index contributed by atoms with van der Waals surface area (Å²) in [5, 5.41) is 8.40. The van der Waals surface area contributed by atoms with Gasteiger partial charge in [-0.25, -0.2) is 4.98 Å². The van der Waals surface area contributed by atoms with Crippen molar-refractivity contribution < 1.29 is 14.0 Å². The lowest BCUT2D eigenvalue weighted by atomic mass is 10.1. The molecule has 4 aromatic rings. The van der Waals surface area contributed by atoms with Crippen LogP contribution in [0.3, 0.4) is 0 Å². The molecule has 1 amide bonds. The van der Waals surface area contributed by atoms with Crippen LogP contribution in [0.25, 0.3) is 16.7 Å². The van der Waals surface area contributed by atoms with Crippen LogP contribution in [0.4, 0.5) is 5.95 Å². The van der Waals surface area contributed by atoms with E-state index in [2.05, 4.69) is 20.6 Å². The first kappa shape index (κ1) is 24.1. The molecular weight excluding hydrogens is 448 g/mol. The van der Waals surface area contributed by atoms with Crippen molar-refractivity contribution in [3.05, 3.63) is 82.2 Å². The molecule has 1 aromatic carbocycles. The van der Waals surface area contributed by atoms with Gasteiger partial charge in [0.15, 0.2) is 5.65 Å². The number of anilines is 1. The minimum absolute atomic E-state index is 0.186. The molecule has 0 unspecified atom stereocenters. The molecule has 0 aliphatic rings. The van der Waals surface area contributed by atoms with Gasteiger partial charge in [0.1, 0.15) is 5.76 Å². The van der Waals surface area contributed by atoms with Gasteiger partial charge in [-0.2, -0.15) is 10.0 Å². The number of nitrogens with one attached hydrogen (secondary N) is 2. The summed E-state index contributed by atoms with van der Waals surface area (Å²) in [6, 6.07) is 13.7. The van der Waals surface area contributed by atoms with Gasteiger partial charge < -0.3 is 15.1 Å². The van der Waals surface area contributed by atoms with Crippen LogP contribution in [-0.4, -0.2) is 52.8 Å². The van der Waals surface area contributed by atoms with Crippen molar-refractivity contribution >= 4 is 22.9 Å². The lowest BCUT2D eigenvalue weighted by Gasteiger charge is -2.13. The first-order chi connectivity index (χ1) is 16.9. The summed E-state index contributed by atoms with van der Waals surface area (Å²) < 4.78 is 6.86. The average molecular weight is 477 g/mol. The van der Waals surface area contributed by atoms with E-state index in [4.69, 9.17) is 9.25 Å². The molecule has 0 saturated heterocycles. The van der Waals surface area contributed by atoms with E-state index in [0.717, 1.165) is 16.8 Å². The zero-order chi connectivity index (χ0) is 24.8. The number of hydroxylamine groups is 2. The number of hydrogen-bond donors (Lipinski definition) is 2. The number of carbonyl (C=O) groups excluding carboxylic acids is 1. The van der Waals surface area contributed by atoms with E-state index < -0.39 is 0 Å². The number of amides is 1. The Hall–Kier alpha value is -4.02. The van der Waals surface area contributed by atoms with Gasteiger partial charge in [-0.15, -0.1) is 0 Å². The molecule has 10 nitrogen and oxygen atoms in total. The highest BCUT2D eigenvalue weighted by atomic mass is 16.7. The Bertz CT molecular complexity index is 1350. The molecule has 3 aromatic heterocycles. The van der Waals surface area contributed by atoms with Crippen molar-refractivity contribution in [1.82, 2.24) is 24.9 Å². The zero-order valence-corrected chi connectivity index (χ0v) is 19.9. The summed E-state index contributed by atoms with van der Waals surface area (Å²) >= 11 is 0. The minimum atomic E-state index is -0.231. The first-order valence-electron chi connectivity index (χ1n) is 11.3. The number of benzene rings is 1. The van der Waals surface area contributed by atoms with Crippen LogP contribution < -0.4 is 16.2 Å². The van der Waals surface area contributed by atoms with E-state index in [-0.39, 0.29) is 11.5 Å². The summed E-state index contributed by atoms with van der Waals surface area (Å²) in [5.74, 6) is 0.949. The van der Waals surface area contributed by atoms with Gasteiger partial charge >= 0.3 is 0 Å². The smallest absolute Gasteiger partial charge is 0.256 e. The van der Waals surface area contributed by atoms with Gasteiger partial charge in [0.2, 0.25) is 5.95 Å². The molecule has 2 N–H and O–H groups in total. The van der Waals surface area contributed by atoms with Crippen LogP contribution in [-0.2, 0) is 11.4 Å². The largest absolute Gasteiger partial charge is 0.467 e. The Kier molecular flexibility index (Phi) is 7.54. The quantitative estimate of drug-likeness (QED) is 0.265. The van der Waals surface area contributed by atoms with Gasteiger partial charge in [-0.3, -0.25) is 19.0 Å². The summed E-state index contributed by atoms with van der Waals surface area (Å²) in [4.78, 5) is 39.7. The molecule has 0 radical (unpaired) electrons. The van der Waals surface area contributed by atoms with Crippen LogP contribution >= 0.6 is 0 Å². The summed E-state index contributed by atoms with van der Waals surface area (Å²) in [6.07, 6.45) is 2.30. The van der Waals surface area contributed by atoms with E-state index in [9.17, 15) is 9.59 Å². The van der Waals surface area contributed by atoms with Crippen molar-refractivity contribution in [3.63, 3.8) is 0 Å². The summed E-state index contributed by atoms with van der Waals surface area (Å²) in [7, 11) is 3.63. The number of pyridine rings is 1. The molecule has 0 atom stereocenters. The lowest BCUT2D eigenvalue weighted by Crippen LogP contribution is -2.26. The van der Waals surface area contributed by atoms with Gasteiger partial charge in [0, 0.05) is 37.7 Å². The lowest BCUT2D eigenvalue weighted by molar-refractivity contribution is -0.119. The van der Waals surface area contributed by atoms with Crippen LogP contribution in [0.1, 0.15) is 28.2 Å². The monoisotopic (exact) mass is 476 g/mol. The highest BCUT2D eigenvalue weighted by Crippen LogP contribution is 2.20. The van der Waals surface area contributed by atoms with Crippen molar-refractivity contribution in [3.8, 4) is 5.69 Å². The van der Waals surface area contributed by atoms with Crippen LogP contribution in [0.15, 0.2) is 64.0 Å². The minimum Gasteiger partial charge on any atom is -0.467 e. The number of aryl methyl sites for hydroxylation is 1. The molecule has 4 rings (SSSR count). The van der Waals surface area contributed by atoms with Gasteiger partial charge in [-0.05, 0) is 55.8 Å². The van der Waals surface area contributed by atoms with Gasteiger partial charge in [0.05, 0.1) is 30.8 Å². The third kappa shape index (κ3) is 5.92. The Morgan fingerprint density at radius 2 is 1.91 bits per heavy atom. The van der Waals surface area contributed by atoms with Crippen LogP contribution in [0.5, 0.6) is 0 Å². The maximum Gasteiger partial charge on any atom is 0.256 e. The molecule has 0 fully saturated rings. The van der Waals surface area contributed by atoms with E-state index in [1.54, 1.807) is 41.7 Å². The molecule has 10 heteroatoms. The molecule has 182 valence electrons. The Labute approximate surface area is 202 Å². The second-order valence-electron chi connectivity index (χ2n) is 8.11. The molecule has 0 spiro atoms. The van der Waals surface area contributed by atoms with E-state index in [1.165, 1.54) is 10.6 Å². The molecule has 0 aliphatic heterocycles. The average Bonchev–Trinajstić information content (AvgIpc) is 3.36. The molecule has 0 bridgehead atoms.